The van der Waals surface area contributed by atoms with Crippen LogP contribution in [0.1, 0.15) is 11.1 Å². The molecule has 2 aromatic rings. The normalized spacial score (nSPS) is 10.3. The fraction of sp³-hybridized carbons (Fsp3) is 0.154. The Morgan fingerprint density at radius 3 is 2.82 bits per heavy atom. The summed E-state index contributed by atoms with van der Waals surface area (Å²) >= 11 is 3.40. The van der Waals surface area contributed by atoms with Gasteiger partial charge in [0, 0.05) is 28.8 Å². The highest BCUT2D eigenvalue weighted by molar-refractivity contribution is 9.10. The summed E-state index contributed by atoms with van der Waals surface area (Å²) in [5.74, 6) is 1.33. The van der Waals surface area contributed by atoms with E-state index in [9.17, 15) is 0 Å². The average molecular weight is 293 g/mol. The molecule has 1 aromatic heterocycles. The molecular formula is C13H13BrN2O. The molecule has 0 aliphatic heterocycles. The largest absolute Gasteiger partial charge is 0.439 e. The van der Waals surface area contributed by atoms with E-state index in [-0.39, 0.29) is 0 Å². The Kier molecular flexibility index (Phi) is 3.76. The molecule has 17 heavy (non-hydrogen) atoms. The van der Waals surface area contributed by atoms with Crippen molar-refractivity contribution in [2.24, 2.45) is 5.73 Å². The quantitative estimate of drug-likeness (QED) is 0.943. The zero-order valence-electron chi connectivity index (χ0n) is 9.48. The lowest BCUT2D eigenvalue weighted by molar-refractivity contribution is 0.456. The number of aromatic nitrogens is 1. The predicted octanol–water partition coefficient (Wildman–Crippen LogP) is 3.40. The molecule has 0 saturated carbocycles. The standard InChI is InChI=1S/C13H13BrN2O/c1-9-6-13(16-8-11(9)14)17-12-5-3-2-4-10(12)7-15/h2-6,8H,7,15H2,1H3. The van der Waals surface area contributed by atoms with Crippen molar-refractivity contribution in [1.29, 1.82) is 0 Å². The molecule has 4 heteroatoms. The fourth-order valence-corrected chi connectivity index (χ4v) is 1.67. The highest BCUT2D eigenvalue weighted by Crippen LogP contribution is 2.25. The van der Waals surface area contributed by atoms with Gasteiger partial charge in [-0.25, -0.2) is 4.98 Å². The lowest BCUT2D eigenvalue weighted by Gasteiger charge is -2.09. The van der Waals surface area contributed by atoms with Crippen LogP contribution >= 0.6 is 15.9 Å². The number of nitrogens with two attached hydrogens (primary N) is 1. The molecule has 0 unspecified atom stereocenters. The van der Waals surface area contributed by atoms with Crippen molar-refractivity contribution in [1.82, 2.24) is 4.98 Å². The van der Waals surface area contributed by atoms with Crippen LogP contribution in [0.5, 0.6) is 11.6 Å². The Morgan fingerprint density at radius 2 is 2.12 bits per heavy atom. The summed E-state index contributed by atoms with van der Waals surface area (Å²) in [6.45, 7) is 2.44. The average Bonchev–Trinajstić information content (AvgIpc) is 2.34. The molecule has 0 spiro atoms. The summed E-state index contributed by atoms with van der Waals surface area (Å²) in [5, 5.41) is 0. The number of pyridine rings is 1. The minimum Gasteiger partial charge on any atom is -0.439 e. The maximum atomic E-state index is 5.72. The predicted molar refractivity (Wildman–Crippen MR) is 71.1 cm³/mol. The first-order chi connectivity index (χ1) is 8.20. The zero-order chi connectivity index (χ0) is 12.3. The molecule has 0 atom stereocenters. The van der Waals surface area contributed by atoms with Crippen LogP contribution < -0.4 is 10.5 Å². The van der Waals surface area contributed by atoms with Gasteiger partial charge < -0.3 is 10.5 Å². The first-order valence-electron chi connectivity index (χ1n) is 5.28. The molecular weight excluding hydrogens is 280 g/mol. The minimum absolute atomic E-state index is 0.450. The summed E-state index contributed by atoms with van der Waals surface area (Å²) in [5.41, 5.74) is 7.70. The SMILES string of the molecule is Cc1cc(Oc2ccccc2CN)ncc1Br. The van der Waals surface area contributed by atoms with E-state index in [1.807, 2.05) is 37.3 Å². The summed E-state index contributed by atoms with van der Waals surface area (Å²) < 4.78 is 6.69. The topological polar surface area (TPSA) is 48.1 Å². The monoisotopic (exact) mass is 292 g/mol. The number of nitrogens with zero attached hydrogens (tertiary/aromatic N) is 1. The maximum absolute atomic E-state index is 5.72. The van der Waals surface area contributed by atoms with Crippen molar-refractivity contribution in [2.45, 2.75) is 13.5 Å². The van der Waals surface area contributed by atoms with Gasteiger partial charge in [0.25, 0.3) is 0 Å². The second-order valence-electron chi connectivity index (χ2n) is 3.69. The third-order valence-corrected chi connectivity index (χ3v) is 3.26. The molecule has 1 aromatic carbocycles. The van der Waals surface area contributed by atoms with Gasteiger partial charge in [0.2, 0.25) is 5.88 Å². The first kappa shape index (κ1) is 12.1. The van der Waals surface area contributed by atoms with Crippen LogP contribution in [-0.2, 0) is 6.54 Å². The second-order valence-corrected chi connectivity index (χ2v) is 4.54. The molecule has 0 aliphatic carbocycles. The number of rotatable bonds is 3. The Morgan fingerprint density at radius 1 is 1.35 bits per heavy atom. The number of para-hydroxylation sites is 1. The smallest absolute Gasteiger partial charge is 0.219 e. The van der Waals surface area contributed by atoms with Crippen molar-refractivity contribution in [3.63, 3.8) is 0 Å². The lowest BCUT2D eigenvalue weighted by atomic mass is 10.2. The van der Waals surface area contributed by atoms with Gasteiger partial charge in [-0.1, -0.05) is 18.2 Å². The van der Waals surface area contributed by atoms with Gasteiger partial charge in [-0.05, 0) is 34.5 Å². The highest BCUT2D eigenvalue weighted by atomic mass is 79.9. The van der Waals surface area contributed by atoms with Crippen LogP contribution in [0.3, 0.4) is 0 Å². The molecule has 3 nitrogen and oxygen atoms in total. The number of ether oxygens (including phenoxy) is 1. The minimum atomic E-state index is 0.450. The highest BCUT2D eigenvalue weighted by Gasteiger charge is 2.05. The van der Waals surface area contributed by atoms with Crippen LogP contribution in [0, 0.1) is 6.92 Å². The van der Waals surface area contributed by atoms with Gasteiger partial charge >= 0.3 is 0 Å². The summed E-state index contributed by atoms with van der Waals surface area (Å²) in [6, 6.07) is 9.58. The van der Waals surface area contributed by atoms with E-state index >= 15 is 0 Å². The van der Waals surface area contributed by atoms with Crippen LogP contribution in [0.15, 0.2) is 41.0 Å². The molecule has 0 bridgehead atoms. The second kappa shape index (κ2) is 5.29. The molecule has 0 fully saturated rings. The van der Waals surface area contributed by atoms with E-state index in [1.54, 1.807) is 6.20 Å². The van der Waals surface area contributed by atoms with E-state index < -0.39 is 0 Å². The van der Waals surface area contributed by atoms with Gasteiger partial charge in [0.05, 0.1) is 0 Å². The van der Waals surface area contributed by atoms with Crippen molar-refractivity contribution in [2.75, 3.05) is 0 Å². The van der Waals surface area contributed by atoms with Crippen molar-refractivity contribution < 1.29 is 4.74 Å². The van der Waals surface area contributed by atoms with E-state index in [0.717, 1.165) is 21.3 Å². The van der Waals surface area contributed by atoms with Crippen molar-refractivity contribution in [3.8, 4) is 11.6 Å². The van der Waals surface area contributed by atoms with Gasteiger partial charge in [0.1, 0.15) is 5.75 Å². The van der Waals surface area contributed by atoms with E-state index in [2.05, 4.69) is 20.9 Å². The molecule has 0 radical (unpaired) electrons. The number of halogens is 1. The molecule has 88 valence electrons. The van der Waals surface area contributed by atoms with E-state index in [1.165, 1.54) is 0 Å². The van der Waals surface area contributed by atoms with Gasteiger partial charge in [-0.2, -0.15) is 0 Å². The molecule has 2 rings (SSSR count). The number of hydrogen-bond acceptors (Lipinski definition) is 3. The van der Waals surface area contributed by atoms with Crippen molar-refractivity contribution in [3.05, 3.63) is 52.1 Å². The van der Waals surface area contributed by atoms with Crippen molar-refractivity contribution >= 4 is 15.9 Å². The van der Waals surface area contributed by atoms with E-state index in [0.29, 0.717) is 12.4 Å². The third-order valence-electron chi connectivity index (χ3n) is 2.43. The first-order valence-corrected chi connectivity index (χ1v) is 6.08. The Bertz CT molecular complexity index is 529. The number of hydrogen-bond donors (Lipinski definition) is 1. The molecule has 2 N–H and O–H groups in total. The molecule has 0 saturated heterocycles. The summed E-state index contributed by atoms with van der Waals surface area (Å²) in [4.78, 5) is 4.20. The van der Waals surface area contributed by atoms with Crippen LogP contribution in [0.2, 0.25) is 0 Å². The zero-order valence-corrected chi connectivity index (χ0v) is 11.1. The summed E-state index contributed by atoms with van der Waals surface area (Å²) in [7, 11) is 0. The lowest BCUT2D eigenvalue weighted by Crippen LogP contribution is -1.99. The van der Waals surface area contributed by atoms with Gasteiger partial charge in [-0.3, -0.25) is 0 Å². The Labute approximate surface area is 109 Å². The molecule has 1 heterocycles. The Balaban J connectivity index is 2.28. The number of benzene rings is 1. The van der Waals surface area contributed by atoms with Crippen LogP contribution in [0.25, 0.3) is 0 Å². The van der Waals surface area contributed by atoms with Gasteiger partial charge in [0.15, 0.2) is 0 Å². The maximum Gasteiger partial charge on any atom is 0.219 e. The molecule has 0 aliphatic rings. The van der Waals surface area contributed by atoms with Gasteiger partial charge in [-0.15, -0.1) is 0 Å². The van der Waals surface area contributed by atoms with Crippen LogP contribution in [0.4, 0.5) is 0 Å². The van der Waals surface area contributed by atoms with E-state index in [4.69, 9.17) is 10.5 Å². The molecule has 0 amide bonds. The van der Waals surface area contributed by atoms with Crippen LogP contribution in [-0.4, -0.2) is 4.98 Å². The number of aryl methyl sites for hydroxylation is 1. The Hall–Kier alpha value is -1.39. The third kappa shape index (κ3) is 2.84. The summed E-state index contributed by atoms with van der Waals surface area (Å²) in [6.07, 6.45) is 1.73. The fourth-order valence-electron chi connectivity index (χ4n) is 1.45.